The number of nitrogens with zero attached hydrogens (tertiary/aromatic N) is 1. The smallest absolute Gasteiger partial charge is 0.234 e. The number of carbonyl (C=O) groups is 1. The summed E-state index contributed by atoms with van der Waals surface area (Å²) in [5.74, 6) is 0.102. The van der Waals surface area contributed by atoms with Crippen LogP contribution in [0.5, 0.6) is 0 Å². The SMILES string of the molecule is CN(C)CC(=O)NCCCCCCCCO. The van der Waals surface area contributed by atoms with Gasteiger partial charge in [-0.2, -0.15) is 0 Å². The molecule has 0 aromatic rings. The van der Waals surface area contributed by atoms with Crippen molar-refractivity contribution in [3.8, 4) is 0 Å². The van der Waals surface area contributed by atoms with Gasteiger partial charge in [-0.1, -0.05) is 25.7 Å². The Morgan fingerprint density at radius 1 is 1.06 bits per heavy atom. The van der Waals surface area contributed by atoms with Gasteiger partial charge in [-0.15, -0.1) is 0 Å². The number of nitrogens with one attached hydrogen (secondary N) is 1. The van der Waals surface area contributed by atoms with E-state index in [2.05, 4.69) is 5.32 Å². The first-order valence-electron chi connectivity index (χ1n) is 6.19. The van der Waals surface area contributed by atoms with E-state index in [4.69, 9.17) is 5.11 Å². The number of hydrogen-bond acceptors (Lipinski definition) is 3. The largest absolute Gasteiger partial charge is 0.396 e. The van der Waals surface area contributed by atoms with Gasteiger partial charge in [0.1, 0.15) is 0 Å². The van der Waals surface area contributed by atoms with Crippen LogP contribution in [0.15, 0.2) is 0 Å². The molecule has 0 spiro atoms. The highest BCUT2D eigenvalue weighted by molar-refractivity contribution is 5.77. The van der Waals surface area contributed by atoms with Crippen LogP contribution in [-0.4, -0.2) is 49.7 Å². The summed E-state index contributed by atoms with van der Waals surface area (Å²) in [4.78, 5) is 13.1. The molecule has 0 aliphatic heterocycles. The fraction of sp³-hybridized carbons (Fsp3) is 0.917. The van der Waals surface area contributed by atoms with Crippen molar-refractivity contribution >= 4 is 5.91 Å². The molecule has 0 bridgehead atoms. The molecule has 0 saturated heterocycles. The summed E-state index contributed by atoms with van der Waals surface area (Å²) in [6.45, 7) is 1.56. The summed E-state index contributed by atoms with van der Waals surface area (Å²) in [7, 11) is 3.78. The molecule has 0 rings (SSSR count). The number of rotatable bonds is 10. The molecule has 0 heterocycles. The van der Waals surface area contributed by atoms with Crippen LogP contribution in [0.25, 0.3) is 0 Å². The van der Waals surface area contributed by atoms with Crippen LogP contribution in [0.4, 0.5) is 0 Å². The number of amides is 1. The average molecular weight is 230 g/mol. The minimum Gasteiger partial charge on any atom is -0.396 e. The monoisotopic (exact) mass is 230 g/mol. The third-order valence-electron chi connectivity index (χ3n) is 2.37. The van der Waals surface area contributed by atoms with Gasteiger partial charge in [0.15, 0.2) is 0 Å². The maximum Gasteiger partial charge on any atom is 0.234 e. The first-order chi connectivity index (χ1) is 7.66. The van der Waals surface area contributed by atoms with E-state index >= 15 is 0 Å². The zero-order valence-electron chi connectivity index (χ0n) is 10.7. The Balaban J connectivity index is 3.11. The molecular weight excluding hydrogens is 204 g/mol. The van der Waals surface area contributed by atoms with E-state index in [1.54, 1.807) is 0 Å². The van der Waals surface area contributed by atoms with Gasteiger partial charge in [-0.05, 0) is 26.9 Å². The maximum absolute atomic E-state index is 11.2. The lowest BCUT2D eigenvalue weighted by Gasteiger charge is -2.09. The molecule has 0 saturated carbocycles. The third kappa shape index (κ3) is 11.5. The number of hydrogen-bond donors (Lipinski definition) is 2. The van der Waals surface area contributed by atoms with Crippen molar-refractivity contribution in [1.29, 1.82) is 0 Å². The topological polar surface area (TPSA) is 52.6 Å². The van der Waals surface area contributed by atoms with Gasteiger partial charge < -0.3 is 15.3 Å². The van der Waals surface area contributed by atoms with Gasteiger partial charge in [0.2, 0.25) is 5.91 Å². The van der Waals surface area contributed by atoms with E-state index in [1.807, 2.05) is 19.0 Å². The van der Waals surface area contributed by atoms with E-state index in [1.165, 1.54) is 12.8 Å². The molecule has 4 heteroatoms. The van der Waals surface area contributed by atoms with Crippen LogP contribution in [0.2, 0.25) is 0 Å². The Labute approximate surface area is 99.0 Å². The number of unbranched alkanes of at least 4 members (excludes halogenated alkanes) is 5. The molecule has 96 valence electrons. The molecule has 0 fully saturated rings. The summed E-state index contributed by atoms with van der Waals surface area (Å²) in [6.07, 6.45) is 6.63. The van der Waals surface area contributed by atoms with Crippen molar-refractivity contribution in [2.75, 3.05) is 33.8 Å². The molecule has 4 nitrogen and oxygen atoms in total. The zero-order chi connectivity index (χ0) is 12.2. The minimum absolute atomic E-state index is 0.102. The van der Waals surface area contributed by atoms with Gasteiger partial charge >= 0.3 is 0 Å². The average Bonchev–Trinajstić information content (AvgIpc) is 2.21. The Kier molecular flexibility index (Phi) is 10.5. The Bertz CT molecular complexity index is 172. The van der Waals surface area contributed by atoms with Crippen molar-refractivity contribution < 1.29 is 9.90 Å². The Hall–Kier alpha value is -0.610. The van der Waals surface area contributed by atoms with Crippen molar-refractivity contribution in [1.82, 2.24) is 10.2 Å². The van der Waals surface area contributed by atoms with Crippen LogP contribution in [0.1, 0.15) is 38.5 Å². The molecule has 16 heavy (non-hydrogen) atoms. The summed E-state index contributed by atoms with van der Waals surface area (Å²) in [6, 6.07) is 0. The highest BCUT2D eigenvalue weighted by Crippen LogP contribution is 2.04. The van der Waals surface area contributed by atoms with Crippen LogP contribution in [0.3, 0.4) is 0 Å². The highest BCUT2D eigenvalue weighted by Gasteiger charge is 2.00. The number of carbonyl (C=O) groups excluding carboxylic acids is 1. The molecule has 2 N–H and O–H groups in total. The first kappa shape index (κ1) is 15.4. The maximum atomic E-state index is 11.2. The van der Waals surface area contributed by atoms with Gasteiger partial charge in [-0.25, -0.2) is 0 Å². The third-order valence-corrected chi connectivity index (χ3v) is 2.37. The van der Waals surface area contributed by atoms with Gasteiger partial charge in [0.05, 0.1) is 6.54 Å². The lowest BCUT2D eigenvalue weighted by atomic mass is 10.1. The molecule has 0 radical (unpaired) electrons. The highest BCUT2D eigenvalue weighted by atomic mass is 16.2. The predicted molar refractivity (Wildman–Crippen MR) is 66.4 cm³/mol. The summed E-state index contributed by atoms with van der Waals surface area (Å²) >= 11 is 0. The van der Waals surface area contributed by atoms with E-state index in [0.717, 1.165) is 32.2 Å². The van der Waals surface area contributed by atoms with Gasteiger partial charge in [-0.3, -0.25) is 4.79 Å². The van der Waals surface area contributed by atoms with E-state index in [0.29, 0.717) is 13.2 Å². The second-order valence-electron chi connectivity index (χ2n) is 4.43. The van der Waals surface area contributed by atoms with Crippen LogP contribution >= 0.6 is 0 Å². The van der Waals surface area contributed by atoms with E-state index in [-0.39, 0.29) is 5.91 Å². The fourth-order valence-electron chi connectivity index (χ4n) is 1.51. The molecule has 0 aliphatic carbocycles. The summed E-state index contributed by atoms with van der Waals surface area (Å²) in [5.41, 5.74) is 0. The van der Waals surface area contributed by atoms with E-state index in [9.17, 15) is 4.79 Å². The second kappa shape index (κ2) is 10.9. The van der Waals surface area contributed by atoms with Gasteiger partial charge in [0, 0.05) is 13.2 Å². The first-order valence-corrected chi connectivity index (χ1v) is 6.19. The Morgan fingerprint density at radius 2 is 1.62 bits per heavy atom. The second-order valence-corrected chi connectivity index (χ2v) is 4.43. The lowest BCUT2D eigenvalue weighted by Crippen LogP contribution is -2.33. The normalized spacial score (nSPS) is 10.8. The van der Waals surface area contributed by atoms with Crippen molar-refractivity contribution in [2.24, 2.45) is 0 Å². The van der Waals surface area contributed by atoms with Crippen LogP contribution in [-0.2, 0) is 4.79 Å². The predicted octanol–water partition coefficient (Wildman–Crippen LogP) is 0.997. The fourth-order valence-corrected chi connectivity index (χ4v) is 1.51. The molecule has 0 aliphatic rings. The molecule has 1 amide bonds. The van der Waals surface area contributed by atoms with Crippen molar-refractivity contribution in [3.05, 3.63) is 0 Å². The summed E-state index contributed by atoms with van der Waals surface area (Å²) in [5, 5.41) is 11.5. The van der Waals surface area contributed by atoms with Crippen LogP contribution in [0, 0.1) is 0 Å². The van der Waals surface area contributed by atoms with E-state index < -0.39 is 0 Å². The quantitative estimate of drug-likeness (QED) is 0.550. The number of likely N-dealkylation sites (N-methyl/N-ethyl adjacent to an activating group) is 1. The Morgan fingerprint density at radius 3 is 2.19 bits per heavy atom. The van der Waals surface area contributed by atoms with Crippen LogP contribution < -0.4 is 5.32 Å². The van der Waals surface area contributed by atoms with Gasteiger partial charge in [0.25, 0.3) is 0 Å². The lowest BCUT2D eigenvalue weighted by molar-refractivity contribution is -0.121. The molecule has 0 atom stereocenters. The minimum atomic E-state index is 0.102. The number of aliphatic hydroxyl groups is 1. The standard InChI is InChI=1S/C12H26N2O2/c1-14(2)11-12(16)13-9-7-5-3-4-6-8-10-15/h15H,3-11H2,1-2H3,(H,13,16). The molecule has 0 unspecified atom stereocenters. The van der Waals surface area contributed by atoms with Crippen molar-refractivity contribution in [3.63, 3.8) is 0 Å². The summed E-state index contributed by atoms with van der Waals surface area (Å²) < 4.78 is 0. The molecular formula is C12H26N2O2. The molecule has 0 aromatic heterocycles. The molecule has 0 aromatic carbocycles. The zero-order valence-corrected chi connectivity index (χ0v) is 10.7. The van der Waals surface area contributed by atoms with Crippen molar-refractivity contribution in [2.45, 2.75) is 38.5 Å². The number of aliphatic hydroxyl groups excluding tert-OH is 1.